The average molecular weight is 229 g/mol. The van der Waals surface area contributed by atoms with E-state index >= 15 is 0 Å². The summed E-state index contributed by atoms with van der Waals surface area (Å²) in [5.74, 6) is 1.56. The van der Waals surface area contributed by atoms with Crippen molar-refractivity contribution in [1.82, 2.24) is 14.8 Å². The van der Waals surface area contributed by atoms with Crippen LogP contribution >= 0.6 is 0 Å². The smallest absolute Gasteiger partial charge is 0.153 e. The van der Waals surface area contributed by atoms with E-state index in [4.69, 9.17) is 0 Å². The number of hydrogen-bond donors (Lipinski definition) is 0. The van der Waals surface area contributed by atoms with Gasteiger partial charge in [0, 0.05) is 11.9 Å². The first kappa shape index (κ1) is 11.8. The number of hydrogen-bond acceptors (Lipinski definition) is 2. The highest BCUT2D eigenvalue weighted by Gasteiger charge is 2.05. The zero-order chi connectivity index (χ0) is 12.4. The van der Waals surface area contributed by atoms with Crippen LogP contribution in [0.2, 0.25) is 0 Å². The number of nitrogens with zero attached hydrogens (tertiary/aromatic N) is 3. The molecule has 17 heavy (non-hydrogen) atoms. The van der Waals surface area contributed by atoms with Crippen LogP contribution in [0.25, 0.3) is 5.82 Å². The molecule has 2 rings (SSSR count). The Hall–Kier alpha value is -1.64. The van der Waals surface area contributed by atoms with Crippen LogP contribution in [-0.2, 0) is 6.42 Å². The lowest BCUT2D eigenvalue weighted by Gasteiger charge is -2.06. The van der Waals surface area contributed by atoms with Gasteiger partial charge in [0.25, 0.3) is 0 Å². The van der Waals surface area contributed by atoms with Gasteiger partial charge in [0.15, 0.2) is 5.82 Å². The van der Waals surface area contributed by atoms with Gasteiger partial charge in [-0.1, -0.05) is 19.9 Å². The summed E-state index contributed by atoms with van der Waals surface area (Å²) in [6.07, 6.45) is 3.02. The topological polar surface area (TPSA) is 30.7 Å². The molecular weight excluding hydrogens is 210 g/mol. The molecule has 0 N–H and O–H groups in total. The number of aromatic nitrogens is 3. The quantitative estimate of drug-likeness (QED) is 0.809. The van der Waals surface area contributed by atoms with E-state index in [1.807, 2.05) is 30.8 Å². The molecule has 0 saturated heterocycles. The van der Waals surface area contributed by atoms with Gasteiger partial charge < -0.3 is 0 Å². The van der Waals surface area contributed by atoms with Gasteiger partial charge in [-0.25, -0.2) is 9.67 Å². The summed E-state index contributed by atoms with van der Waals surface area (Å²) in [6.45, 7) is 8.48. The van der Waals surface area contributed by atoms with Crippen LogP contribution in [0.15, 0.2) is 24.4 Å². The fourth-order valence-electron chi connectivity index (χ4n) is 1.99. The summed E-state index contributed by atoms with van der Waals surface area (Å²) in [7, 11) is 0. The van der Waals surface area contributed by atoms with Gasteiger partial charge in [-0.2, -0.15) is 5.10 Å². The second kappa shape index (κ2) is 4.70. The molecule has 0 fully saturated rings. The SMILES string of the molecule is Cc1cc(C)n(-c2ccc(CC(C)C)cn2)n1. The van der Waals surface area contributed by atoms with Gasteiger partial charge in [-0.05, 0) is 43.9 Å². The lowest BCUT2D eigenvalue weighted by molar-refractivity contribution is 0.645. The molecule has 0 saturated carbocycles. The molecule has 0 aliphatic rings. The highest BCUT2D eigenvalue weighted by atomic mass is 15.3. The van der Waals surface area contributed by atoms with E-state index in [0.29, 0.717) is 5.92 Å². The van der Waals surface area contributed by atoms with Gasteiger partial charge in [-0.15, -0.1) is 0 Å². The van der Waals surface area contributed by atoms with E-state index in [9.17, 15) is 0 Å². The molecule has 0 spiro atoms. The van der Waals surface area contributed by atoms with Gasteiger partial charge in [0.2, 0.25) is 0 Å². The van der Waals surface area contributed by atoms with Crippen molar-refractivity contribution in [2.24, 2.45) is 5.92 Å². The van der Waals surface area contributed by atoms with Crippen LogP contribution in [0, 0.1) is 19.8 Å². The van der Waals surface area contributed by atoms with Crippen molar-refractivity contribution < 1.29 is 0 Å². The lowest BCUT2D eigenvalue weighted by atomic mass is 10.1. The monoisotopic (exact) mass is 229 g/mol. The zero-order valence-corrected chi connectivity index (χ0v) is 10.9. The van der Waals surface area contributed by atoms with Crippen molar-refractivity contribution in [1.29, 1.82) is 0 Å². The average Bonchev–Trinajstić information content (AvgIpc) is 2.58. The third-order valence-electron chi connectivity index (χ3n) is 2.68. The molecule has 2 aromatic heterocycles. The molecule has 0 aliphatic carbocycles. The fraction of sp³-hybridized carbons (Fsp3) is 0.429. The number of rotatable bonds is 3. The lowest BCUT2D eigenvalue weighted by Crippen LogP contribution is -2.03. The zero-order valence-electron chi connectivity index (χ0n) is 10.9. The first-order chi connectivity index (χ1) is 8.06. The Morgan fingerprint density at radius 2 is 2.00 bits per heavy atom. The van der Waals surface area contributed by atoms with Gasteiger partial charge in [0.05, 0.1) is 5.69 Å². The molecule has 3 nitrogen and oxygen atoms in total. The van der Waals surface area contributed by atoms with E-state index in [1.165, 1.54) is 5.56 Å². The Labute approximate surface area is 103 Å². The molecule has 0 aromatic carbocycles. The van der Waals surface area contributed by atoms with E-state index < -0.39 is 0 Å². The maximum atomic E-state index is 4.48. The normalized spacial score (nSPS) is 11.1. The third kappa shape index (κ3) is 2.73. The molecule has 0 amide bonds. The molecule has 0 bridgehead atoms. The predicted molar refractivity (Wildman–Crippen MR) is 69.4 cm³/mol. The molecule has 0 atom stereocenters. The highest BCUT2D eigenvalue weighted by Crippen LogP contribution is 2.12. The van der Waals surface area contributed by atoms with Crippen molar-refractivity contribution in [3.8, 4) is 5.82 Å². The summed E-state index contributed by atoms with van der Waals surface area (Å²) in [5.41, 5.74) is 3.42. The number of aryl methyl sites for hydroxylation is 2. The van der Waals surface area contributed by atoms with Crippen LogP contribution in [0.1, 0.15) is 30.8 Å². The molecule has 0 aliphatic heterocycles. The standard InChI is InChI=1S/C14H19N3/c1-10(2)7-13-5-6-14(15-9-13)17-12(4)8-11(3)16-17/h5-6,8-10H,7H2,1-4H3. The molecule has 2 heterocycles. The minimum Gasteiger partial charge on any atom is -0.237 e. The summed E-state index contributed by atoms with van der Waals surface area (Å²) in [4.78, 5) is 4.48. The maximum Gasteiger partial charge on any atom is 0.153 e. The highest BCUT2D eigenvalue weighted by molar-refractivity contribution is 5.28. The first-order valence-electron chi connectivity index (χ1n) is 6.05. The summed E-state index contributed by atoms with van der Waals surface area (Å²) >= 11 is 0. The summed E-state index contributed by atoms with van der Waals surface area (Å²) in [6, 6.07) is 6.24. The Bertz CT molecular complexity index is 495. The van der Waals surface area contributed by atoms with E-state index in [0.717, 1.165) is 23.6 Å². The van der Waals surface area contributed by atoms with Crippen molar-refractivity contribution in [2.75, 3.05) is 0 Å². The summed E-state index contributed by atoms with van der Waals surface area (Å²) in [5, 5.41) is 4.43. The van der Waals surface area contributed by atoms with Crippen molar-refractivity contribution in [3.63, 3.8) is 0 Å². The van der Waals surface area contributed by atoms with E-state index in [1.54, 1.807) is 0 Å². The largest absolute Gasteiger partial charge is 0.237 e. The predicted octanol–water partition coefficient (Wildman–Crippen LogP) is 3.08. The fourth-order valence-corrected chi connectivity index (χ4v) is 1.99. The van der Waals surface area contributed by atoms with Crippen molar-refractivity contribution >= 4 is 0 Å². The Morgan fingerprint density at radius 3 is 2.47 bits per heavy atom. The van der Waals surface area contributed by atoms with Crippen molar-refractivity contribution in [2.45, 2.75) is 34.1 Å². The van der Waals surface area contributed by atoms with Gasteiger partial charge in [-0.3, -0.25) is 0 Å². The Balaban J connectivity index is 2.26. The summed E-state index contributed by atoms with van der Waals surface area (Å²) < 4.78 is 1.88. The molecule has 0 radical (unpaired) electrons. The minimum atomic E-state index is 0.663. The molecule has 3 heteroatoms. The van der Waals surface area contributed by atoms with Gasteiger partial charge in [0.1, 0.15) is 0 Å². The second-order valence-electron chi connectivity index (χ2n) is 4.96. The molecule has 2 aromatic rings. The second-order valence-corrected chi connectivity index (χ2v) is 4.96. The number of pyridine rings is 1. The molecule has 0 unspecified atom stereocenters. The van der Waals surface area contributed by atoms with E-state index in [-0.39, 0.29) is 0 Å². The Kier molecular flexibility index (Phi) is 3.27. The maximum absolute atomic E-state index is 4.48. The van der Waals surface area contributed by atoms with Gasteiger partial charge >= 0.3 is 0 Å². The first-order valence-corrected chi connectivity index (χ1v) is 6.05. The van der Waals surface area contributed by atoms with Crippen LogP contribution < -0.4 is 0 Å². The van der Waals surface area contributed by atoms with Crippen LogP contribution in [0.3, 0.4) is 0 Å². The van der Waals surface area contributed by atoms with Crippen LogP contribution in [0.4, 0.5) is 0 Å². The van der Waals surface area contributed by atoms with Crippen molar-refractivity contribution in [3.05, 3.63) is 41.3 Å². The molecule has 90 valence electrons. The van der Waals surface area contributed by atoms with E-state index in [2.05, 4.69) is 36.1 Å². The molecular formula is C14H19N3. The Morgan fingerprint density at radius 1 is 1.24 bits per heavy atom. The van der Waals surface area contributed by atoms with Crippen LogP contribution in [0.5, 0.6) is 0 Å². The van der Waals surface area contributed by atoms with Crippen LogP contribution in [-0.4, -0.2) is 14.8 Å². The third-order valence-corrected chi connectivity index (χ3v) is 2.68. The minimum absolute atomic E-state index is 0.663.